The molecule has 1 aromatic heterocycles. The predicted octanol–water partition coefficient (Wildman–Crippen LogP) is 4.24. The summed E-state index contributed by atoms with van der Waals surface area (Å²) in [7, 11) is 0. The largest absolute Gasteiger partial charge is 0.376 e. The quantitative estimate of drug-likeness (QED) is 0.586. The standard InChI is InChI=1S/C12H20OS/c1-2-3-4-5-6-9-13-11-12-8-7-10-14-12/h7-8,10H,2-6,9,11H2,1H3. The van der Waals surface area contributed by atoms with Gasteiger partial charge in [-0.15, -0.1) is 11.3 Å². The Morgan fingerprint density at radius 3 is 2.79 bits per heavy atom. The highest BCUT2D eigenvalue weighted by Crippen LogP contribution is 2.10. The first-order valence-electron chi connectivity index (χ1n) is 5.53. The van der Waals surface area contributed by atoms with Gasteiger partial charge in [0.25, 0.3) is 0 Å². The van der Waals surface area contributed by atoms with Crippen molar-refractivity contribution in [2.45, 2.75) is 45.6 Å². The zero-order valence-electron chi connectivity index (χ0n) is 9.00. The molecule has 1 nitrogen and oxygen atoms in total. The molecule has 0 spiro atoms. The Hall–Kier alpha value is -0.340. The average Bonchev–Trinajstić information content (AvgIpc) is 2.69. The Morgan fingerprint density at radius 1 is 1.21 bits per heavy atom. The maximum atomic E-state index is 5.57. The van der Waals surface area contributed by atoms with Crippen molar-refractivity contribution >= 4 is 11.3 Å². The van der Waals surface area contributed by atoms with E-state index in [-0.39, 0.29) is 0 Å². The van der Waals surface area contributed by atoms with Gasteiger partial charge in [-0.05, 0) is 17.9 Å². The maximum absolute atomic E-state index is 5.57. The summed E-state index contributed by atoms with van der Waals surface area (Å²) < 4.78 is 5.57. The summed E-state index contributed by atoms with van der Waals surface area (Å²) in [5.74, 6) is 0. The van der Waals surface area contributed by atoms with E-state index < -0.39 is 0 Å². The molecule has 0 aliphatic rings. The highest BCUT2D eigenvalue weighted by Gasteiger charge is 1.93. The molecular formula is C12H20OS. The molecule has 0 radical (unpaired) electrons. The van der Waals surface area contributed by atoms with Gasteiger partial charge in [0.05, 0.1) is 6.61 Å². The summed E-state index contributed by atoms with van der Waals surface area (Å²) in [5, 5.41) is 2.10. The first-order chi connectivity index (χ1) is 6.93. The number of rotatable bonds is 8. The molecule has 1 rings (SSSR count). The van der Waals surface area contributed by atoms with Crippen molar-refractivity contribution in [2.24, 2.45) is 0 Å². The van der Waals surface area contributed by atoms with Crippen LogP contribution in [-0.2, 0) is 11.3 Å². The molecule has 0 aliphatic heterocycles. The molecule has 0 bridgehead atoms. The highest BCUT2D eigenvalue weighted by molar-refractivity contribution is 7.09. The number of hydrogen-bond acceptors (Lipinski definition) is 2. The third-order valence-electron chi connectivity index (χ3n) is 2.22. The van der Waals surface area contributed by atoms with Gasteiger partial charge in [-0.2, -0.15) is 0 Å². The second-order valence-corrected chi connectivity index (χ2v) is 4.58. The Labute approximate surface area is 91.1 Å². The average molecular weight is 212 g/mol. The molecule has 0 fully saturated rings. The maximum Gasteiger partial charge on any atom is 0.0809 e. The second kappa shape index (κ2) is 8.01. The first kappa shape index (κ1) is 11.7. The lowest BCUT2D eigenvalue weighted by molar-refractivity contribution is 0.119. The molecule has 0 aromatic carbocycles. The topological polar surface area (TPSA) is 9.23 Å². The van der Waals surface area contributed by atoms with Crippen molar-refractivity contribution < 1.29 is 4.74 Å². The number of ether oxygens (including phenoxy) is 1. The van der Waals surface area contributed by atoms with Crippen molar-refractivity contribution in [3.8, 4) is 0 Å². The zero-order chi connectivity index (χ0) is 10.1. The van der Waals surface area contributed by atoms with Crippen molar-refractivity contribution in [2.75, 3.05) is 6.61 Å². The second-order valence-electron chi connectivity index (χ2n) is 3.55. The lowest BCUT2D eigenvalue weighted by atomic mass is 10.2. The van der Waals surface area contributed by atoms with Crippen molar-refractivity contribution in [3.63, 3.8) is 0 Å². The van der Waals surface area contributed by atoms with Crippen molar-refractivity contribution in [3.05, 3.63) is 22.4 Å². The molecule has 0 saturated heterocycles. The lowest BCUT2D eigenvalue weighted by Crippen LogP contribution is -1.93. The van der Waals surface area contributed by atoms with Crippen LogP contribution in [0, 0.1) is 0 Å². The van der Waals surface area contributed by atoms with Gasteiger partial charge < -0.3 is 4.74 Å². The third kappa shape index (κ3) is 5.40. The third-order valence-corrected chi connectivity index (χ3v) is 3.07. The molecule has 80 valence electrons. The van der Waals surface area contributed by atoms with Crippen LogP contribution in [0.2, 0.25) is 0 Å². The van der Waals surface area contributed by atoms with Gasteiger partial charge in [-0.25, -0.2) is 0 Å². The normalized spacial score (nSPS) is 10.6. The summed E-state index contributed by atoms with van der Waals surface area (Å²) in [6, 6.07) is 4.20. The van der Waals surface area contributed by atoms with Gasteiger partial charge in [0.15, 0.2) is 0 Å². The molecule has 2 heteroatoms. The monoisotopic (exact) mass is 212 g/mol. The van der Waals surface area contributed by atoms with E-state index in [0.717, 1.165) is 13.2 Å². The zero-order valence-corrected chi connectivity index (χ0v) is 9.81. The molecule has 1 heterocycles. The van der Waals surface area contributed by atoms with Crippen LogP contribution in [-0.4, -0.2) is 6.61 Å². The van der Waals surface area contributed by atoms with Gasteiger partial charge in [0.1, 0.15) is 0 Å². The molecule has 14 heavy (non-hydrogen) atoms. The van der Waals surface area contributed by atoms with Gasteiger partial charge in [0.2, 0.25) is 0 Å². The first-order valence-corrected chi connectivity index (χ1v) is 6.41. The summed E-state index contributed by atoms with van der Waals surface area (Å²) in [6.07, 6.45) is 6.57. The minimum absolute atomic E-state index is 0.797. The fraction of sp³-hybridized carbons (Fsp3) is 0.667. The van der Waals surface area contributed by atoms with Crippen LogP contribution in [0.25, 0.3) is 0 Å². The Morgan fingerprint density at radius 2 is 2.07 bits per heavy atom. The molecule has 0 N–H and O–H groups in total. The van der Waals surface area contributed by atoms with E-state index >= 15 is 0 Å². The SMILES string of the molecule is CCCCCCCOCc1cccs1. The van der Waals surface area contributed by atoms with Gasteiger partial charge in [-0.1, -0.05) is 38.7 Å². The van der Waals surface area contributed by atoms with Crippen LogP contribution in [0.3, 0.4) is 0 Å². The fourth-order valence-corrected chi connectivity index (χ4v) is 2.02. The summed E-state index contributed by atoms with van der Waals surface area (Å²) >= 11 is 1.77. The van der Waals surface area contributed by atoms with Gasteiger partial charge in [0, 0.05) is 11.5 Å². The van der Waals surface area contributed by atoms with E-state index in [1.807, 2.05) is 0 Å². The Kier molecular flexibility index (Phi) is 6.71. The predicted molar refractivity (Wildman–Crippen MR) is 62.7 cm³/mol. The number of hydrogen-bond donors (Lipinski definition) is 0. The fourth-order valence-electron chi connectivity index (χ4n) is 1.38. The van der Waals surface area contributed by atoms with Gasteiger partial charge >= 0.3 is 0 Å². The van der Waals surface area contributed by atoms with E-state index in [1.165, 1.54) is 37.0 Å². The van der Waals surface area contributed by atoms with Crippen molar-refractivity contribution in [1.29, 1.82) is 0 Å². The molecule has 0 atom stereocenters. The molecule has 0 unspecified atom stereocenters. The molecule has 0 saturated carbocycles. The van der Waals surface area contributed by atoms with E-state index in [1.54, 1.807) is 11.3 Å². The molecule has 0 amide bonds. The number of thiophene rings is 1. The van der Waals surface area contributed by atoms with Crippen LogP contribution in [0.1, 0.15) is 43.9 Å². The van der Waals surface area contributed by atoms with E-state index in [4.69, 9.17) is 4.74 Å². The van der Waals surface area contributed by atoms with Crippen molar-refractivity contribution in [1.82, 2.24) is 0 Å². The van der Waals surface area contributed by atoms with Crippen LogP contribution in [0.15, 0.2) is 17.5 Å². The van der Waals surface area contributed by atoms with E-state index in [0.29, 0.717) is 0 Å². The molecule has 1 aromatic rings. The van der Waals surface area contributed by atoms with E-state index in [2.05, 4.69) is 24.4 Å². The lowest BCUT2D eigenvalue weighted by Gasteiger charge is -2.02. The molecular weight excluding hydrogens is 192 g/mol. The number of unbranched alkanes of at least 4 members (excludes halogenated alkanes) is 4. The highest BCUT2D eigenvalue weighted by atomic mass is 32.1. The van der Waals surface area contributed by atoms with E-state index in [9.17, 15) is 0 Å². The smallest absolute Gasteiger partial charge is 0.0809 e. The van der Waals surface area contributed by atoms with Crippen LogP contribution in [0.4, 0.5) is 0 Å². The summed E-state index contributed by atoms with van der Waals surface area (Å²) in [4.78, 5) is 1.33. The summed E-state index contributed by atoms with van der Waals surface area (Å²) in [6.45, 7) is 3.96. The Bertz CT molecular complexity index is 206. The Balaban J connectivity index is 1.85. The minimum atomic E-state index is 0.797. The minimum Gasteiger partial charge on any atom is -0.376 e. The van der Waals surface area contributed by atoms with Gasteiger partial charge in [-0.3, -0.25) is 0 Å². The van der Waals surface area contributed by atoms with Crippen LogP contribution < -0.4 is 0 Å². The molecule has 0 aliphatic carbocycles. The van der Waals surface area contributed by atoms with Crippen LogP contribution in [0.5, 0.6) is 0 Å². The summed E-state index contributed by atoms with van der Waals surface area (Å²) in [5.41, 5.74) is 0. The van der Waals surface area contributed by atoms with Crippen LogP contribution >= 0.6 is 11.3 Å².